The van der Waals surface area contributed by atoms with Gasteiger partial charge in [-0.1, -0.05) is 86.5 Å². The molecule has 0 fully saturated rings. The van der Waals surface area contributed by atoms with Crippen molar-refractivity contribution in [1.29, 1.82) is 0 Å². The second-order valence-corrected chi connectivity index (χ2v) is 12.5. The molecule has 3 aromatic carbocycles. The van der Waals surface area contributed by atoms with E-state index in [1.54, 1.807) is 43.3 Å². The summed E-state index contributed by atoms with van der Waals surface area (Å²) in [6.07, 6.45) is 0.589. The third-order valence-corrected chi connectivity index (χ3v) is 8.59. The second kappa shape index (κ2) is 13.6. The maximum absolute atomic E-state index is 14.1. The number of nitrogens with zero attached hydrogens (tertiary/aromatic N) is 2. The van der Waals surface area contributed by atoms with Gasteiger partial charge in [-0.25, -0.2) is 8.42 Å². The van der Waals surface area contributed by atoms with Crippen molar-refractivity contribution in [3.63, 3.8) is 0 Å². The van der Waals surface area contributed by atoms with Gasteiger partial charge in [0.2, 0.25) is 11.8 Å². The third kappa shape index (κ3) is 7.72. The maximum Gasteiger partial charge on any atom is 0.264 e. The number of hydrogen-bond donors (Lipinski definition) is 1. The first-order chi connectivity index (χ1) is 18.9. The van der Waals surface area contributed by atoms with Gasteiger partial charge in [-0.15, -0.1) is 0 Å². The number of nitrogens with one attached hydrogen (secondary N) is 1. The molecule has 0 aliphatic heterocycles. The fourth-order valence-corrected chi connectivity index (χ4v) is 5.90. The lowest BCUT2D eigenvalue weighted by atomic mass is 10.1. The molecule has 0 aliphatic carbocycles. The molecule has 8 heteroatoms. The van der Waals surface area contributed by atoms with Crippen molar-refractivity contribution >= 4 is 27.5 Å². The molecule has 214 valence electrons. The lowest BCUT2D eigenvalue weighted by Gasteiger charge is -2.32. The van der Waals surface area contributed by atoms with E-state index in [9.17, 15) is 18.0 Å². The first kappa shape index (κ1) is 30.9. The third-order valence-electron chi connectivity index (χ3n) is 6.82. The molecule has 0 aliphatic rings. The van der Waals surface area contributed by atoms with Crippen LogP contribution in [0.4, 0.5) is 5.69 Å². The number of benzene rings is 3. The summed E-state index contributed by atoms with van der Waals surface area (Å²) < 4.78 is 29.2. The fraction of sp³-hybridized carbons (Fsp3) is 0.375. The highest BCUT2D eigenvalue weighted by molar-refractivity contribution is 7.92. The Hall–Kier alpha value is -3.65. The molecule has 0 saturated carbocycles. The van der Waals surface area contributed by atoms with Gasteiger partial charge in [0.25, 0.3) is 10.0 Å². The number of anilines is 1. The summed E-state index contributed by atoms with van der Waals surface area (Å²) in [6.45, 7) is 11.7. The molecule has 1 atom stereocenters. The molecule has 3 rings (SSSR count). The summed E-state index contributed by atoms with van der Waals surface area (Å²) in [5.41, 5.74) is 4.08. The smallest absolute Gasteiger partial charge is 0.264 e. The average Bonchev–Trinajstić information content (AvgIpc) is 2.93. The van der Waals surface area contributed by atoms with Crippen molar-refractivity contribution in [3.8, 4) is 0 Å². The largest absolute Gasteiger partial charge is 0.354 e. The van der Waals surface area contributed by atoms with E-state index in [-0.39, 0.29) is 23.3 Å². The highest BCUT2D eigenvalue weighted by Crippen LogP contribution is 2.28. The van der Waals surface area contributed by atoms with E-state index in [1.807, 2.05) is 71.0 Å². The Morgan fingerprint density at radius 1 is 0.875 bits per heavy atom. The standard InChI is InChI=1S/C32H41N3O4S/c1-7-28-13-8-9-14-30(28)35(40(38,39)29-17-15-24(4)16-18-29)22-31(36)34(21-27-12-10-11-25(5)19-27)26(6)32(37)33-20-23(2)3/h8-19,23,26H,7,20-22H2,1-6H3,(H,33,37). The number of hydrogen-bond acceptors (Lipinski definition) is 4. The SMILES string of the molecule is CCc1ccccc1N(CC(=O)N(Cc1cccc(C)c1)C(C)C(=O)NCC(C)C)S(=O)(=O)c1ccc(C)cc1. The summed E-state index contributed by atoms with van der Waals surface area (Å²) in [7, 11) is -4.09. The van der Waals surface area contributed by atoms with Crippen LogP contribution in [0.2, 0.25) is 0 Å². The van der Waals surface area contributed by atoms with Crippen molar-refractivity contribution < 1.29 is 18.0 Å². The number of rotatable bonds is 12. The van der Waals surface area contributed by atoms with Gasteiger partial charge in [-0.05, 0) is 62.4 Å². The molecular weight excluding hydrogens is 522 g/mol. The zero-order valence-corrected chi connectivity index (χ0v) is 25.2. The molecule has 1 N–H and O–H groups in total. The lowest BCUT2D eigenvalue weighted by Crippen LogP contribution is -2.51. The van der Waals surface area contributed by atoms with Gasteiger partial charge in [0.05, 0.1) is 10.6 Å². The summed E-state index contributed by atoms with van der Waals surface area (Å²) in [5.74, 6) is -0.496. The molecule has 0 aromatic heterocycles. The number of sulfonamides is 1. The Bertz CT molecular complexity index is 1420. The lowest BCUT2D eigenvalue weighted by molar-refractivity contribution is -0.139. The minimum absolute atomic E-state index is 0.102. The molecule has 0 bridgehead atoms. The zero-order valence-electron chi connectivity index (χ0n) is 24.3. The second-order valence-electron chi connectivity index (χ2n) is 10.6. The maximum atomic E-state index is 14.1. The van der Waals surface area contributed by atoms with E-state index in [4.69, 9.17) is 0 Å². The highest BCUT2D eigenvalue weighted by atomic mass is 32.2. The predicted molar refractivity (Wildman–Crippen MR) is 161 cm³/mol. The van der Waals surface area contributed by atoms with Crippen molar-refractivity contribution in [3.05, 3.63) is 95.1 Å². The fourth-order valence-electron chi connectivity index (χ4n) is 4.45. The minimum Gasteiger partial charge on any atom is -0.354 e. The van der Waals surface area contributed by atoms with E-state index in [2.05, 4.69) is 5.32 Å². The topological polar surface area (TPSA) is 86.8 Å². The first-order valence-electron chi connectivity index (χ1n) is 13.7. The molecule has 7 nitrogen and oxygen atoms in total. The Morgan fingerprint density at radius 2 is 1.55 bits per heavy atom. The average molecular weight is 564 g/mol. The van der Waals surface area contributed by atoms with Gasteiger partial charge in [-0.2, -0.15) is 0 Å². The molecule has 0 saturated heterocycles. The molecular formula is C32H41N3O4S. The van der Waals surface area contributed by atoms with Crippen LogP contribution in [0.25, 0.3) is 0 Å². The van der Waals surface area contributed by atoms with E-state index >= 15 is 0 Å². The highest BCUT2D eigenvalue weighted by Gasteiger charge is 2.33. The van der Waals surface area contributed by atoms with E-state index in [0.29, 0.717) is 18.7 Å². The number of aryl methyl sites for hydroxylation is 3. The van der Waals surface area contributed by atoms with Crippen LogP contribution in [0.15, 0.2) is 77.7 Å². The number of carbonyl (C=O) groups excluding carboxylic acids is 2. The van der Waals surface area contributed by atoms with E-state index in [1.165, 1.54) is 9.21 Å². The molecule has 0 heterocycles. The van der Waals surface area contributed by atoms with Crippen LogP contribution in [0.5, 0.6) is 0 Å². The zero-order chi connectivity index (χ0) is 29.4. The summed E-state index contributed by atoms with van der Waals surface area (Å²) >= 11 is 0. The van der Waals surface area contributed by atoms with Gasteiger partial charge < -0.3 is 10.2 Å². The van der Waals surface area contributed by atoms with Crippen molar-refractivity contribution in [2.45, 2.75) is 65.4 Å². The minimum atomic E-state index is -4.09. The van der Waals surface area contributed by atoms with Gasteiger partial charge in [0.15, 0.2) is 0 Å². The Labute approximate surface area is 239 Å². The Morgan fingerprint density at radius 3 is 2.17 bits per heavy atom. The molecule has 40 heavy (non-hydrogen) atoms. The molecule has 0 radical (unpaired) electrons. The van der Waals surface area contributed by atoms with Crippen molar-refractivity contribution in [1.82, 2.24) is 10.2 Å². The Balaban J connectivity index is 2.05. The summed E-state index contributed by atoms with van der Waals surface area (Å²) in [6, 6.07) is 20.7. The van der Waals surface area contributed by atoms with Crippen molar-refractivity contribution in [2.24, 2.45) is 5.92 Å². The van der Waals surface area contributed by atoms with Crippen LogP contribution in [0.3, 0.4) is 0 Å². The van der Waals surface area contributed by atoms with Gasteiger partial charge in [0.1, 0.15) is 12.6 Å². The quantitative estimate of drug-likeness (QED) is 0.326. The number of amides is 2. The predicted octanol–water partition coefficient (Wildman–Crippen LogP) is 5.25. The van der Waals surface area contributed by atoms with Crippen LogP contribution in [-0.2, 0) is 32.6 Å². The normalized spacial score (nSPS) is 12.2. The molecule has 3 aromatic rings. The number of carbonyl (C=O) groups is 2. The van der Waals surface area contributed by atoms with Crippen LogP contribution < -0.4 is 9.62 Å². The monoisotopic (exact) mass is 563 g/mol. The van der Waals surface area contributed by atoms with Gasteiger partial charge in [0, 0.05) is 13.1 Å². The Kier molecular flexibility index (Phi) is 10.5. The van der Waals surface area contributed by atoms with E-state index < -0.39 is 28.5 Å². The molecule has 1 unspecified atom stereocenters. The van der Waals surface area contributed by atoms with Crippen LogP contribution in [-0.4, -0.2) is 44.3 Å². The summed E-state index contributed by atoms with van der Waals surface area (Å²) in [4.78, 5) is 28.8. The summed E-state index contributed by atoms with van der Waals surface area (Å²) in [5, 5.41) is 2.91. The molecule has 2 amide bonds. The van der Waals surface area contributed by atoms with Gasteiger partial charge in [-0.3, -0.25) is 13.9 Å². The number of para-hydroxylation sites is 1. The molecule has 0 spiro atoms. The van der Waals surface area contributed by atoms with Crippen LogP contribution >= 0.6 is 0 Å². The van der Waals surface area contributed by atoms with Crippen LogP contribution in [0, 0.1) is 19.8 Å². The van der Waals surface area contributed by atoms with Crippen LogP contribution in [0.1, 0.15) is 49.9 Å². The van der Waals surface area contributed by atoms with Crippen molar-refractivity contribution in [2.75, 3.05) is 17.4 Å². The van der Waals surface area contributed by atoms with E-state index in [0.717, 1.165) is 22.3 Å². The first-order valence-corrected chi connectivity index (χ1v) is 15.2. The van der Waals surface area contributed by atoms with Gasteiger partial charge >= 0.3 is 0 Å².